The van der Waals surface area contributed by atoms with Crippen molar-refractivity contribution < 1.29 is 0 Å². The molecule has 71 valence electrons. The van der Waals surface area contributed by atoms with Gasteiger partial charge in [-0.25, -0.2) is 0 Å². The van der Waals surface area contributed by atoms with E-state index in [2.05, 4.69) is 50.2 Å². The average molecular weight is 184 g/mol. The highest BCUT2D eigenvalue weighted by atomic mass is 14.6. The van der Waals surface area contributed by atoms with Crippen LogP contribution in [0.1, 0.15) is 26.3 Å². The van der Waals surface area contributed by atoms with Gasteiger partial charge in [-0.05, 0) is 16.4 Å². The number of hydrogen-bond donors (Lipinski definition) is 0. The first-order chi connectivity index (χ1) is 6.59. The molecule has 0 amide bonds. The predicted molar refractivity (Wildman–Crippen MR) is 59.3 cm³/mol. The summed E-state index contributed by atoms with van der Waals surface area (Å²) in [5.41, 5.74) is 1.42. The third kappa shape index (κ3) is 1.50. The van der Waals surface area contributed by atoms with Gasteiger partial charge in [0.05, 0.1) is 6.20 Å². The fourth-order valence-electron chi connectivity index (χ4n) is 1.65. The lowest BCUT2D eigenvalue weighted by atomic mass is 9.85. The molecule has 0 spiro atoms. The maximum Gasteiger partial charge on any atom is 0.0971 e. The molecule has 0 fully saturated rings. The SMILES string of the molecule is CC(C)(C)c1cn[c]c2ccccc12. The summed E-state index contributed by atoms with van der Waals surface area (Å²) in [4.78, 5) is 4.15. The first-order valence-electron chi connectivity index (χ1n) is 4.85. The molecule has 0 aliphatic carbocycles. The average Bonchev–Trinajstić information content (AvgIpc) is 2.15. The molecule has 1 aromatic carbocycles. The van der Waals surface area contributed by atoms with Gasteiger partial charge in [-0.1, -0.05) is 45.0 Å². The van der Waals surface area contributed by atoms with Crippen molar-refractivity contribution in [3.63, 3.8) is 0 Å². The van der Waals surface area contributed by atoms with Crippen molar-refractivity contribution in [2.45, 2.75) is 26.2 Å². The van der Waals surface area contributed by atoms with E-state index in [0.29, 0.717) is 0 Å². The zero-order chi connectivity index (χ0) is 10.2. The maximum atomic E-state index is 4.15. The molecule has 0 atom stereocenters. The van der Waals surface area contributed by atoms with Crippen LogP contribution in [0.25, 0.3) is 10.8 Å². The third-order valence-corrected chi connectivity index (χ3v) is 2.40. The molecule has 0 N–H and O–H groups in total. The van der Waals surface area contributed by atoms with Crippen LogP contribution in [0.15, 0.2) is 30.5 Å². The molecule has 1 heterocycles. The summed E-state index contributed by atoms with van der Waals surface area (Å²) in [5.74, 6) is 0. The molecule has 1 nitrogen and oxygen atoms in total. The van der Waals surface area contributed by atoms with Crippen LogP contribution in [0.4, 0.5) is 0 Å². The van der Waals surface area contributed by atoms with Gasteiger partial charge in [0.2, 0.25) is 0 Å². The van der Waals surface area contributed by atoms with Gasteiger partial charge in [-0.15, -0.1) is 0 Å². The van der Waals surface area contributed by atoms with Crippen LogP contribution >= 0.6 is 0 Å². The van der Waals surface area contributed by atoms with E-state index >= 15 is 0 Å². The van der Waals surface area contributed by atoms with E-state index in [-0.39, 0.29) is 5.41 Å². The Bertz CT molecular complexity index is 447. The number of hydrogen-bond acceptors (Lipinski definition) is 1. The number of nitrogens with zero attached hydrogens (tertiary/aromatic N) is 1. The summed E-state index contributed by atoms with van der Waals surface area (Å²) >= 11 is 0. The molecule has 0 unspecified atom stereocenters. The van der Waals surface area contributed by atoms with Crippen molar-refractivity contribution in [1.82, 2.24) is 4.98 Å². The zero-order valence-electron chi connectivity index (χ0n) is 8.83. The molecule has 0 aliphatic rings. The monoisotopic (exact) mass is 184 g/mol. The van der Waals surface area contributed by atoms with Crippen molar-refractivity contribution in [3.05, 3.63) is 42.2 Å². The fraction of sp³-hybridized carbons (Fsp3) is 0.308. The highest BCUT2D eigenvalue weighted by Gasteiger charge is 2.16. The number of pyridine rings is 1. The van der Waals surface area contributed by atoms with Crippen molar-refractivity contribution in [1.29, 1.82) is 0 Å². The molecule has 0 saturated carbocycles. The molecule has 0 bridgehead atoms. The minimum absolute atomic E-state index is 0.141. The normalized spacial score (nSPS) is 11.9. The summed E-state index contributed by atoms with van der Waals surface area (Å²) < 4.78 is 0. The summed E-state index contributed by atoms with van der Waals surface area (Å²) in [6.45, 7) is 6.61. The van der Waals surface area contributed by atoms with E-state index in [1.807, 2.05) is 12.3 Å². The fourth-order valence-corrected chi connectivity index (χ4v) is 1.65. The van der Waals surface area contributed by atoms with Crippen LogP contribution < -0.4 is 0 Å². The van der Waals surface area contributed by atoms with Crippen LogP contribution in [0.2, 0.25) is 0 Å². The van der Waals surface area contributed by atoms with Crippen molar-refractivity contribution in [3.8, 4) is 0 Å². The summed E-state index contributed by atoms with van der Waals surface area (Å²) in [5, 5.41) is 2.36. The molecule has 14 heavy (non-hydrogen) atoms. The van der Waals surface area contributed by atoms with Gasteiger partial charge in [-0.3, -0.25) is 4.98 Å². The maximum absolute atomic E-state index is 4.15. The third-order valence-electron chi connectivity index (χ3n) is 2.40. The topological polar surface area (TPSA) is 12.9 Å². The molecule has 2 aromatic rings. The Morgan fingerprint density at radius 3 is 2.57 bits per heavy atom. The van der Waals surface area contributed by atoms with E-state index in [4.69, 9.17) is 0 Å². The number of aromatic nitrogens is 1. The lowest BCUT2D eigenvalue weighted by Gasteiger charge is -2.20. The molecular weight excluding hydrogens is 170 g/mol. The smallest absolute Gasteiger partial charge is 0.0971 e. The molecule has 0 saturated heterocycles. The molecule has 1 heteroatoms. The van der Waals surface area contributed by atoms with E-state index in [1.165, 1.54) is 10.9 Å². The minimum atomic E-state index is 0.141. The Hall–Kier alpha value is -1.37. The Balaban J connectivity index is 2.78. The Kier molecular flexibility index (Phi) is 2.03. The lowest BCUT2D eigenvalue weighted by Crippen LogP contribution is -2.12. The zero-order valence-corrected chi connectivity index (χ0v) is 8.83. The van der Waals surface area contributed by atoms with E-state index in [9.17, 15) is 0 Å². The largest absolute Gasteiger partial charge is 0.254 e. The second-order valence-corrected chi connectivity index (χ2v) is 4.58. The van der Waals surface area contributed by atoms with Crippen LogP contribution in [0.5, 0.6) is 0 Å². The van der Waals surface area contributed by atoms with Crippen molar-refractivity contribution in [2.75, 3.05) is 0 Å². The van der Waals surface area contributed by atoms with Gasteiger partial charge in [-0.2, -0.15) is 0 Å². The predicted octanol–water partition coefficient (Wildman–Crippen LogP) is 3.33. The van der Waals surface area contributed by atoms with Crippen LogP contribution in [0, 0.1) is 6.20 Å². The lowest BCUT2D eigenvalue weighted by molar-refractivity contribution is 0.593. The minimum Gasteiger partial charge on any atom is -0.254 e. The van der Waals surface area contributed by atoms with Gasteiger partial charge in [0, 0.05) is 11.6 Å². The number of benzene rings is 1. The second-order valence-electron chi connectivity index (χ2n) is 4.58. The quantitative estimate of drug-likeness (QED) is 0.612. The molecule has 1 aromatic heterocycles. The molecular formula is C13H14N. The van der Waals surface area contributed by atoms with Crippen molar-refractivity contribution in [2.24, 2.45) is 0 Å². The van der Waals surface area contributed by atoms with Gasteiger partial charge in [0.1, 0.15) is 0 Å². The van der Waals surface area contributed by atoms with E-state index in [0.717, 1.165) is 5.39 Å². The molecule has 1 radical (unpaired) electrons. The molecule has 0 aliphatic heterocycles. The van der Waals surface area contributed by atoms with E-state index in [1.54, 1.807) is 0 Å². The van der Waals surface area contributed by atoms with Crippen molar-refractivity contribution >= 4 is 10.8 Å². The molecule has 2 rings (SSSR count). The highest BCUT2D eigenvalue weighted by Crippen LogP contribution is 2.28. The first kappa shape index (κ1) is 9.20. The van der Waals surface area contributed by atoms with Gasteiger partial charge >= 0.3 is 0 Å². The summed E-state index contributed by atoms with van der Waals surface area (Å²) in [6, 6.07) is 8.27. The van der Waals surface area contributed by atoms with Gasteiger partial charge < -0.3 is 0 Å². The van der Waals surface area contributed by atoms with E-state index < -0.39 is 0 Å². The van der Waals surface area contributed by atoms with Crippen LogP contribution in [-0.2, 0) is 5.41 Å². The Morgan fingerprint density at radius 1 is 1.14 bits per heavy atom. The van der Waals surface area contributed by atoms with Crippen LogP contribution in [0.3, 0.4) is 0 Å². The summed E-state index contributed by atoms with van der Waals surface area (Å²) in [7, 11) is 0. The number of fused-ring (bicyclic) bond motifs is 1. The Labute approximate surface area is 84.8 Å². The van der Waals surface area contributed by atoms with Gasteiger partial charge in [0.25, 0.3) is 0 Å². The van der Waals surface area contributed by atoms with Gasteiger partial charge in [0.15, 0.2) is 0 Å². The van der Waals surface area contributed by atoms with Crippen LogP contribution in [-0.4, -0.2) is 4.98 Å². The second kappa shape index (κ2) is 3.09. The Morgan fingerprint density at radius 2 is 1.86 bits per heavy atom. The standard InChI is InChI=1S/C13H14N/c1-13(2,3)12-9-14-8-10-6-4-5-7-11(10)12/h4-7,9H,1-3H3. The number of rotatable bonds is 0. The summed E-state index contributed by atoms with van der Waals surface area (Å²) in [6.07, 6.45) is 4.93. The first-order valence-corrected chi connectivity index (χ1v) is 4.85. The highest BCUT2D eigenvalue weighted by molar-refractivity contribution is 5.84.